The van der Waals surface area contributed by atoms with Gasteiger partial charge in [0.05, 0.1) is 6.61 Å². The minimum atomic E-state index is -2.66. The molecule has 3 aliphatic heterocycles. The van der Waals surface area contributed by atoms with Crippen LogP contribution in [0.25, 0.3) is 0 Å². The van der Waals surface area contributed by atoms with Crippen molar-refractivity contribution >= 4 is 65.7 Å². The van der Waals surface area contributed by atoms with E-state index in [1.807, 2.05) is 0 Å². The van der Waals surface area contributed by atoms with Crippen molar-refractivity contribution in [2.24, 2.45) is 0 Å². The molecular formula is C40H54O27. The zero-order valence-electron chi connectivity index (χ0n) is 38.4. The summed E-state index contributed by atoms with van der Waals surface area (Å²) in [7, 11) is 0. The maximum Gasteiger partial charge on any atom is 0.303 e. The normalized spacial score (nSPS) is 31.1. The Morgan fingerprint density at radius 1 is 0.358 bits per heavy atom. The lowest BCUT2D eigenvalue weighted by Gasteiger charge is -2.47. The van der Waals surface area contributed by atoms with Gasteiger partial charge in [0, 0.05) is 76.2 Å². The third kappa shape index (κ3) is 16.4. The minimum absolute atomic E-state index is 0.650. The van der Waals surface area contributed by atoms with E-state index in [2.05, 4.69) is 0 Å². The van der Waals surface area contributed by atoms with Crippen molar-refractivity contribution in [3.8, 4) is 0 Å². The molecule has 3 aliphatic rings. The summed E-state index contributed by atoms with van der Waals surface area (Å²) < 4.78 is 90.3. The van der Waals surface area contributed by atoms with Crippen LogP contribution in [-0.4, -0.2) is 178 Å². The highest BCUT2D eigenvalue weighted by atomic mass is 16.8. The highest BCUT2D eigenvalue weighted by Crippen LogP contribution is 2.42. The zero-order chi connectivity index (χ0) is 50.5. The van der Waals surface area contributed by atoms with Crippen molar-refractivity contribution < 1.29 is 129 Å². The first-order valence-electron chi connectivity index (χ1n) is 20.3. The SMILES string of the molecule is CC(=O)OCC1O[C@H](OCC2O[C@H](O[C@]3(COC(C)=O)O[C@H](COC(C)=O)[C@@H](OC(C)=O)[C@@H]3OC(C)=O)C(OC(C)=O)C(OC(C)=O)[C@@H]2OC(C)=O)C(OC(C)=O)C(OC(C)=O)[C@H]1OC(C)=O. The Morgan fingerprint density at radius 3 is 1.12 bits per heavy atom. The molecule has 0 bridgehead atoms. The van der Waals surface area contributed by atoms with Gasteiger partial charge in [0.1, 0.15) is 38.1 Å². The first-order valence-corrected chi connectivity index (χ1v) is 20.3. The summed E-state index contributed by atoms with van der Waals surface area (Å²) in [4.78, 5) is 137. The number of hydrogen-bond acceptors (Lipinski definition) is 27. The second-order valence-corrected chi connectivity index (χ2v) is 14.9. The summed E-state index contributed by atoms with van der Waals surface area (Å²) in [5.41, 5.74) is 0. The van der Waals surface area contributed by atoms with Gasteiger partial charge in [0.15, 0.2) is 55.1 Å². The maximum absolute atomic E-state index is 12.8. The van der Waals surface area contributed by atoms with E-state index in [4.69, 9.17) is 75.8 Å². The van der Waals surface area contributed by atoms with Crippen LogP contribution in [0.4, 0.5) is 0 Å². The van der Waals surface area contributed by atoms with Crippen molar-refractivity contribution in [2.45, 2.75) is 162 Å². The Hall–Kier alpha value is -6.03. The molecule has 27 heteroatoms. The van der Waals surface area contributed by atoms with E-state index in [1.165, 1.54) is 0 Å². The van der Waals surface area contributed by atoms with Crippen LogP contribution in [-0.2, 0) is 129 Å². The van der Waals surface area contributed by atoms with E-state index >= 15 is 0 Å². The van der Waals surface area contributed by atoms with Crippen molar-refractivity contribution in [3.63, 3.8) is 0 Å². The molecule has 0 aliphatic carbocycles. The van der Waals surface area contributed by atoms with Crippen LogP contribution in [0, 0.1) is 0 Å². The lowest BCUT2D eigenvalue weighted by Crippen LogP contribution is -2.66. The highest BCUT2D eigenvalue weighted by molar-refractivity contribution is 5.71. The molecule has 67 heavy (non-hydrogen) atoms. The van der Waals surface area contributed by atoms with Gasteiger partial charge in [-0.05, 0) is 0 Å². The summed E-state index contributed by atoms with van der Waals surface area (Å²) in [6, 6.07) is 0. The molecule has 27 nitrogen and oxygen atoms in total. The first-order chi connectivity index (χ1) is 31.2. The summed E-state index contributed by atoms with van der Waals surface area (Å²) in [5, 5.41) is 0. The Balaban J connectivity index is 2.28. The number of ether oxygens (including phenoxy) is 16. The van der Waals surface area contributed by atoms with Gasteiger partial charge in [-0.2, -0.15) is 0 Å². The Morgan fingerprint density at radius 2 is 0.701 bits per heavy atom. The standard InChI is InChI=1S/C40H54O27/c1-16(41)52-12-27-30(56-19(4)44)33(59-22(7)47)35(61-24(9)49)38(64-27)54-13-28-31(57-20(5)45)34(60-23(8)48)36(62-25(10)50)39(65-28)67-40(15-55-18(3)43)37(63-26(11)51)32(58-21(6)46)29(66-40)14-53-17(2)42/h27-39H,12-15H2,1-11H3/t27?,28?,29-,30+,31-,32-,33?,34?,35?,36?,37+,38+,39-,40+/m1/s1. The average molecular weight is 967 g/mol. The van der Waals surface area contributed by atoms with E-state index in [-0.39, 0.29) is 0 Å². The van der Waals surface area contributed by atoms with Crippen LogP contribution >= 0.6 is 0 Å². The Kier molecular flexibility index (Phi) is 20.3. The third-order valence-electron chi connectivity index (χ3n) is 9.16. The van der Waals surface area contributed by atoms with Gasteiger partial charge >= 0.3 is 65.7 Å². The van der Waals surface area contributed by atoms with Crippen LogP contribution < -0.4 is 0 Å². The average Bonchev–Trinajstić information content (AvgIpc) is 3.44. The molecule has 3 saturated heterocycles. The number of esters is 11. The largest absolute Gasteiger partial charge is 0.463 e. The van der Waals surface area contributed by atoms with Crippen molar-refractivity contribution in [1.29, 1.82) is 0 Å². The predicted molar refractivity (Wildman–Crippen MR) is 206 cm³/mol. The molecule has 3 fully saturated rings. The van der Waals surface area contributed by atoms with E-state index in [1.54, 1.807) is 0 Å². The molecule has 376 valence electrons. The number of carbonyl (C=O) groups excluding carboxylic acids is 11. The number of hydrogen-bond donors (Lipinski definition) is 0. The fourth-order valence-electron chi connectivity index (χ4n) is 7.07. The van der Waals surface area contributed by atoms with Gasteiger partial charge in [-0.1, -0.05) is 0 Å². The van der Waals surface area contributed by atoms with E-state index in [0.29, 0.717) is 0 Å². The van der Waals surface area contributed by atoms with Crippen LogP contribution in [0.1, 0.15) is 76.2 Å². The molecule has 0 aromatic heterocycles. The van der Waals surface area contributed by atoms with Gasteiger partial charge in [-0.25, -0.2) is 0 Å². The summed E-state index contributed by atoms with van der Waals surface area (Å²) in [6.45, 7) is 7.51. The van der Waals surface area contributed by atoms with Crippen LogP contribution in [0.2, 0.25) is 0 Å². The smallest absolute Gasteiger partial charge is 0.303 e. The van der Waals surface area contributed by atoms with E-state index < -0.39 is 178 Å². The van der Waals surface area contributed by atoms with Gasteiger partial charge in [-0.15, -0.1) is 0 Å². The van der Waals surface area contributed by atoms with Gasteiger partial charge in [-0.3, -0.25) is 52.7 Å². The number of carbonyl (C=O) groups is 11. The fraction of sp³-hybridized carbons (Fsp3) is 0.725. The van der Waals surface area contributed by atoms with Gasteiger partial charge < -0.3 is 75.8 Å². The topological polar surface area (TPSA) is 335 Å². The third-order valence-corrected chi connectivity index (χ3v) is 9.16. The van der Waals surface area contributed by atoms with Crippen LogP contribution in [0.5, 0.6) is 0 Å². The Labute approximate surface area is 382 Å². The highest BCUT2D eigenvalue weighted by Gasteiger charge is 2.65. The van der Waals surface area contributed by atoms with Gasteiger partial charge in [0.25, 0.3) is 0 Å². The Bertz CT molecular complexity index is 1860. The quantitative estimate of drug-likeness (QED) is 0.107. The molecule has 0 aromatic carbocycles. The van der Waals surface area contributed by atoms with E-state index in [9.17, 15) is 52.7 Å². The van der Waals surface area contributed by atoms with E-state index in [0.717, 1.165) is 76.2 Å². The molecule has 3 heterocycles. The number of rotatable bonds is 19. The lowest BCUT2D eigenvalue weighted by molar-refractivity contribution is -0.388. The zero-order valence-corrected chi connectivity index (χ0v) is 38.4. The summed E-state index contributed by atoms with van der Waals surface area (Å²) in [5.74, 6) is -13.3. The molecule has 0 amide bonds. The fourth-order valence-corrected chi connectivity index (χ4v) is 7.07. The molecular weight excluding hydrogens is 912 g/mol. The van der Waals surface area contributed by atoms with Crippen LogP contribution in [0.3, 0.4) is 0 Å². The molecule has 0 N–H and O–H groups in total. The molecule has 6 unspecified atom stereocenters. The summed E-state index contributed by atoms with van der Waals surface area (Å²) in [6.07, 6.45) is -23.3. The molecule has 0 saturated carbocycles. The monoisotopic (exact) mass is 966 g/mol. The lowest BCUT2D eigenvalue weighted by atomic mass is 9.97. The molecule has 3 rings (SSSR count). The molecule has 0 aromatic rings. The molecule has 0 spiro atoms. The van der Waals surface area contributed by atoms with Gasteiger partial charge in [0.2, 0.25) is 12.1 Å². The van der Waals surface area contributed by atoms with Crippen molar-refractivity contribution in [3.05, 3.63) is 0 Å². The second kappa shape index (κ2) is 24.7. The maximum atomic E-state index is 12.8. The van der Waals surface area contributed by atoms with Crippen LogP contribution in [0.15, 0.2) is 0 Å². The van der Waals surface area contributed by atoms with Crippen molar-refractivity contribution in [1.82, 2.24) is 0 Å². The summed E-state index contributed by atoms with van der Waals surface area (Å²) >= 11 is 0. The molecule has 14 atom stereocenters. The second-order valence-electron chi connectivity index (χ2n) is 14.9. The predicted octanol–water partition coefficient (Wildman–Crippen LogP) is -1.29. The van der Waals surface area contributed by atoms with Crippen molar-refractivity contribution in [2.75, 3.05) is 26.4 Å². The first kappa shape index (κ1) is 55.3. The minimum Gasteiger partial charge on any atom is -0.463 e. The molecule has 0 radical (unpaired) electrons.